The minimum absolute atomic E-state index is 0.0224. The van der Waals surface area contributed by atoms with E-state index in [4.69, 9.17) is 31.5 Å². The third-order valence-electron chi connectivity index (χ3n) is 7.46. The second-order valence-corrected chi connectivity index (χ2v) is 11.1. The van der Waals surface area contributed by atoms with E-state index in [1.54, 1.807) is 6.20 Å². The Morgan fingerprint density at radius 2 is 2.11 bits per heavy atom. The van der Waals surface area contributed by atoms with Crippen LogP contribution in [0.2, 0.25) is 5.02 Å². The number of nitrogens with two attached hydrogens (primary N) is 1. The molecule has 186 valence electrons. The number of H-pyrrole nitrogens is 1. The Balaban J connectivity index is 1.12. The van der Waals surface area contributed by atoms with Gasteiger partial charge in [-0.3, -0.25) is 0 Å². The molecule has 35 heavy (non-hydrogen) atoms. The fourth-order valence-electron chi connectivity index (χ4n) is 5.19. The lowest BCUT2D eigenvalue weighted by Crippen LogP contribution is -2.50. The SMILES string of the molecule is C[C@@H]1OCC2(CCN(c3cnc(Sc4ccc5[nH]c(OC6CCOC6)nc5c4Cl)cn3)CC2)[C@@H]1N. The van der Waals surface area contributed by atoms with Crippen molar-refractivity contribution in [1.82, 2.24) is 19.9 Å². The first kappa shape index (κ1) is 23.3. The number of nitrogens with one attached hydrogen (secondary N) is 1. The highest BCUT2D eigenvalue weighted by atomic mass is 35.5. The number of aromatic amines is 1. The number of ether oxygens (including phenoxy) is 3. The minimum atomic E-state index is 0.0224. The van der Waals surface area contributed by atoms with E-state index in [0.717, 1.165) is 60.2 Å². The number of halogens is 1. The van der Waals surface area contributed by atoms with Crippen molar-refractivity contribution in [3.63, 3.8) is 0 Å². The van der Waals surface area contributed by atoms with E-state index < -0.39 is 0 Å². The molecule has 9 nitrogen and oxygen atoms in total. The van der Waals surface area contributed by atoms with Crippen LogP contribution in [0.3, 0.4) is 0 Å². The van der Waals surface area contributed by atoms with Crippen LogP contribution < -0.4 is 15.4 Å². The normalized spacial score (nSPS) is 26.1. The maximum absolute atomic E-state index is 6.70. The summed E-state index contributed by atoms with van der Waals surface area (Å²) < 4.78 is 17.1. The van der Waals surface area contributed by atoms with Crippen LogP contribution in [0, 0.1) is 5.41 Å². The van der Waals surface area contributed by atoms with Gasteiger partial charge in [-0.25, -0.2) is 9.97 Å². The average Bonchev–Trinajstić information content (AvgIpc) is 3.60. The third-order valence-corrected chi connectivity index (χ3v) is 8.94. The molecule has 0 bridgehead atoms. The van der Waals surface area contributed by atoms with Crippen molar-refractivity contribution in [2.45, 2.75) is 54.4 Å². The van der Waals surface area contributed by atoms with Gasteiger partial charge in [-0.15, -0.1) is 0 Å². The van der Waals surface area contributed by atoms with Gasteiger partial charge in [0.15, 0.2) is 0 Å². The summed E-state index contributed by atoms with van der Waals surface area (Å²) in [6.45, 7) is 5.94. The van der Waals surface area contributed by atoms with Crippen molar-refractivity contribution in [2.75, 3.05) is 37.8 Å². The van der Waals surface area contributed by atoms with Crippen molar-refractivity contribution in [3.8, 4) is 6.01 Å². The van der Waals surface area contributed by atoms with E-state index in [-0.39, 0.29) is 23.7 Å². The van der Waals surface area contributed by atoms with E-state index in [1.165, 1.54) is 11.8 Å². The Bertz CT molecular complexity index is 1190. The Kier molecular flexibility index (Phi) is 6.26. The summed E-state index contributed by atoms with van der Waals surface area (Å²) in [7, 11) is 0. The molecule has 3 N–H and O–H groups in total. The van der Waals surface area contributed by atoms with Crippen LogP contribution in [0.4, 0.5) is 5.82 Å². The number of hydrogen-bond acceptors (Lipinski definition) is 9. The molecule has 0 aliphatic carbocycles. The molecule has 6 rings (SSSR count). The second-order valence-electron chi connectivity index (χ2n) is 9.63. The van der Waals surface area contributed by atoms with Gasteiger partial charge < -0.3 is 29.8 Å². The Hall–Kier alpha value is -2.11. The highest BCUT2D eigenvalue weighted by Crippen LogP contribution is 2.42. The molecule has 0 saturated carbocycles. The van der Waals surface area contributed by atoms with Gasteiger partial charge in [-0.1, -0.05) is 23.4 Å². The predicted octanol–water partition coefficient (Wildman–Crippen LogP) is 3.66. The zero-order chi connectivity index (χ0) is 24.0. The van der Waals surface area contributed by atoms with Gasteiger partial charge in [0.25, 0.3) is 6.01 Å². The van der Waals surface area contributed by atoms with Crippen LogP contribution in [-0.4, -0.2) is 71.1 Å². The molecule has 2 aromatic heterocycles. The quantitative estimate of drug-likeness (QED) is 0.524. The van der Waals surface area contributed by atoms with Gasteiger partial charge in [0.1, 0.15) is 22.5 Å². The van der Waals surface area contributed by atoms with E-state index >= 15 is 0 Å². The molecule has 3 fully saturated rings. The summed E-state index contributed by atoms with van der Waals surface area (Å²) in [4.78, 5) is 20.2. The lowest BCUT2D eigenvalue weighted by molar-refractivity contribution is 0.0974. The van der Waals surface area contributed by atoms with Gasteiger partial charge in [0, 0.05) is 35.9 Å². The predicted molar refractivity (Wildman–Crippen MR) is 134 cm³/mol. The third kappa shape index (κ3) is 4.46. The number of hydrogen-bond donors (Lipinski definition) is 2. The molecule has 3 aromatic rings. The Morgan fingerprint density at radius 1 is 1.26 bits per heavy atom. The summed E-state index contributed by atoms with van der Waals surface area (Å²) in [5.41, 5.74) is 8.05. The number of aromatic nitrogens is 4. The van der Waals surface area contributed by atoms with Crippen LogP contribution in [0.1, 0.15) is 26.2 Å². The van der Waals surface area contributed by atoms with Crippen LogP contribution >= 0.6 is 23.4 Å². The van der Waals surface area contributed by atoms with E-state index in [2.05, 4.69) is 31.8 Å². The largest absolute Gasteiger partial charge is 0.459 e. The molecule has 1 unspecified atom stereocenters. The van der Waals surface area contributed by atoms with Gasteiger partial charge in [-0.2, -0.15) is 4.98 Å². The van der Waals surface area contributed by atoms with Gasteiger partial charge in [0.05, 0.1) is 48.9 Å². The van der Waals surface area contributed by atoms with Gasteiger partial charge in [0.2, 0.25) is 0 Å². The first-order valence-corrected chi connectivity index (χ1v) is 13.2. The summed E-state index contributed by atoms with van der Waals surface area (Å²) in [6, 6.07) is 4.49. The van der Waals surface area contributed by atoms with E-state index in [0.29, 0.717) is 29.8 Å². The van der Waals surface area contributed by atoms with Crippen molar-refractivity contribution >= 4 is 40.2 Å². The van der Waals surface area contributed by atoms with E-state index in [9.17, 15) is 0 Å². The number of nitrogens with zero attached hydrogens (tertiary/aromatic N) is 4. The van der Waals surface area contributed by atoms with Crippen molar-refractivity contribution < 1.29 is 14.2 Å². The summed E-state index contributed by atoms with van der Waals surface area (Å²) >= 11 is 8.17. The number of rotatable bonds is 5. The standard InChI is InChI=1S/C24H29ClN6O3S/c1-14-22(26)24(13-33-14)5-7-31(8-6-24)18-10-28-19(11-27-18)35-17-3-2-16-21(20(17)25)30-23(29-16)34-15-4-9-32-12-15/h2-3,10-11,14-15,22H,4-9,12-13,26H2,1H3,(H,29,30)/t14-,15?,22+/m0/s1. The zero-order valence-corrected chi connectivity index (χ0v) is 21.1. The monoisotopic (exact) mass is 516 g/mol. The molecular weight excluding hydrogens is 488 g/mol. The highest BCUT2D eigenvalue weighted by Gasteiger charge is 2.47. The van der Waals surface area contributed by atoms with E-state index in [1.807, 2.05) is 18.3 Å². The number of imidazole rings is 1. The molecule has 3 aliphatic heterocycles. The average molecular weight is 517 g/mol. The molecule has 1 aromatic carbocycles. The van der Waals surface area contributed by atoms with Gasteiger partial charge in [-0.05, 0) is 31.9 Å². The van der Waals surface area contributed by atoms with Crippen LogP contribution in [0.25, 0.3) is 11.0 Å². The van der Waals surface area contributed by atoms with Crippen LogP contribution in [-0.2, 0) is 9.47 Å². The summed E-state index contributed by atoms with van der Waals surface area (Å²) in [5, 5.41) is 1.34. The minimum Gasteiger partial charge on any atom is -0.459 e. The number of benzene rings is 1. The first-order valence-electron chi connectivity index (χ1n) is 12.1. The maximum Gasteiger partial charge on any atom is 0.295 e. The molecule has 0 amide bonds. The summed E-state index contributed by atoms with van der Waals surface area (Å²) in [6.07, 6.45) is 6.67. The maximum atomic E-state index is 6.70. The molecule has 3 atom stereocenters. The Morgan fingerprint density at radius 3 is 2.80 bits per heavy atom. The molecule has 5 heterocycles. The molecule has 1 spiro atoms. The van der Waals surface area contributed by atoms with Gasteiger partial charge >= 0.3 is 0 Å². The summed E-state index contributed by atoms with van der Waals surface area (Å²) in [5.74, 6) is 0.885. The zero-order valence-electron chi connectivity index (χ0n) is 19.6. The number of piperidine rings is 1. The molecule has 3 saturated heterocycles. The molecular formula is C24H29ClN6O3S. The fourth-order valence-corrected chi connectivity index (χ4v) is 6.27. The first-order chi connectivity index (χ1) is 17.0. The van der Waals surface area contributed by atoms with Crippen molar-refractivity contribution in [2.24, 2.45) is 11.1 Å². The fraction of sp³-hybridized carbons (Fsp3) is 0.542. The second kappa shape index (κ2) is 9.40. The Labute approximate surface area is 213 Å². The molecule has 0 radical (unpaired) electrons. The topological polar surface area (TPSA) is 111 Å². The molecule has 11 heteroatoms. The van der Waals surface area contributed by atoms with Crippen molar-refractivity contribution in [3.05, 3.63) is 29.5 Å². The smallest absolute Gasteiger partial charge is 0.295 e. The number of anilines is 1. The number of fused-ring (bicyclic) bond motifs is 1. The molecule has 3 aliphatic rings. The highest BCUT2D eigenvalue weighted by molar-refractivity contribution is 7.99. The lowest BCUT2D eigenvalue weighted by Gasteiger charge is -2.41. The van der Waals surface area contributed by atoms with Crippen LogP contribution in [0.15, 0.2) is 34.4 Å². The van der Waals surface area contributed by atoms with Crippen molar-refractivity contribution in [1.29, 1.82) is 0 Å². The van der Waals surface area contributed by atoms with Crippen LogP contribution in [0.5, 0.6) is 6.01 Å². The lowest BCUT2D eigenvalue weighted by atomic mass is 9.73.